The molecule has 0 spiro atoms. The Morgan fingerprint density at radius 3 is 2.40 bits per heavy atom. The number of rotatable bonds is 7. The molecule has 1 amide bonds. The van der Waals surface area contributed by atoms with Crippen LogP contribution < -0.4 is 4.72 Å². The van der Waals surface area contributed by atoms with E-state index in [1.165, 1.54) is 25.1 Å². The summed E-state index contributed by atoms with van der Waals surface area (Å²) in [6, 6.07) is 2.99. The first-order chi connectivity index (χ1) is 16.4. The summed E-state index contributed by atoms with van der Waals surface area (Å²) in [6.07, 6.45) is -1.07. The molecule has 0 aliphatic carbocycles. The van der Waals surface area contributed by atoms with E-state index in [1.807, 2.05) is 4.72 Å². The zero-order valence-electron chi connectivity index (χ0n) is 18.6. The van der Waals surface area contributed by atoms with E-state index in [4.69, 9.17) is 4.74 Å². The zero-order valence-corrected chi connectivity index (χ0v) is 19.4. The van der Waals surface area contributed by atoms with Crippen LogP contribution in [0.1, 0.15) is 18.9 Å². The molecule has 0 bridgehead atoms. The van der Waals surface area contributed by atoms with Gasteiger partial charge in [0.05, 0.1) is 24.9 Å². The lowest BCUT2D eigenvalue weighted by molar-refractivity contribution is -0.158. The van der Waals surface area contributed by atoms with Gasteiger partial charge in [0.2, 0.25) is 10.0 Å². The molecule has 1 unspecified atom stereocenters. The highest BCUT2D eigenvalue weighted by atomic mass is 32.2. The highest BCUT2D eigenvalue weighted by Crippen LogP contribution is 2.37. The molecular weight excluding hydrogens is 495 g/mol. The minimum absolute atomic E-state index is 0.0994. The lowest BCUT2D eigenvalue weighted by Gasteiger charge is -2.34. The van der Waals surface area contributed by atoms with Gasteiger partial charge in [-0.1, -0.05) is 18.2 Å². The smallest absolute Gasteiger partial charge is 0.283 e. The molecular formula is C23H23F5N2O4S. The summed E-state index contributed by atoms with van der Waals surface area (Å²) in [4.78, 5) is 13.7. The van der Waals surface area contributed by atoms with Crippen molar-refractivity contribution in [1.29, 1.82) is 0 Å². The zero-order chi connectivity index (χ0) is 25.5. The number of ether oxygens (including phenoxy) is 1. The molecule has 2 aliphatic rings. The third kappa shape index (κ3) is 5.19. The molecule has 0 radical (unpaired) electrons. The van der Waals surface area contributed by atoms with Crippen molar-refractivity contribution in [2.24, 2.45) is 0 Å². The van der Waals surface area contributed by atoms with Crippen molar-refractivity contribution >= 4 is 15.9 Å². The maximum Gasteiger partial charge on any atom is 0.283 e. The summed E-state index contributed by atoms with van der Waals surface area (Å²) in [5.74, 6) is -7.61. The van der Waals surface area contributed by atoms with Crippen molar-refractivity contribution in [3.63, 3.8) is 0 Å². The van der Waals surface area contributed by atoms with Gasteiger partial charge in [-0.3, -0.25) is 4.79 Å². The molecule has 2 aromatic rings. The van der Waals surface area contributed by atoms with Crippen molar-refractivity contribution in [3.05, 3.63) is 59.4 Å². The number of benzene rings is 2. The van der Waals surface area contributed by atoms with Crippen LogP contribution in [0.4, 0.5) is 22.0 Å². The van der Waals surface area contributed by atoms with E-state index >= 15 is 13.2 Å². The van der Waals surface area contributed by atoms with Crippen molar-refractivity contribution in [1.82, 2.24) is 9.62 Å². The van der Waals surface area contributed by atoms with Crippen LogP contribution in [0.25, 0.3) is 11.1 Å². The number of sulfonamides is 1. The second-order valence-corrected chi connectivity index (χ2v) is 10.6. The third-order valence-electron chi connectivity index (χ3n) is 6.25. The van der Waals surface area contributed by atoms with Gasteiger partial charge < -0.3 is 9.64 Å². The maximum atomic E-state index is 15.5. The minimum Gasteiger partial charge on any atom is -0.368 e. The number of likely N-dealkylation sites (tertiary alicyclic amines) is 1. The van der Waals surface area contributed by atoms with E-state index in [9.17, 15) is 22.0 Å². The van der Waals surface area contributed by atoms with Gasteiger partial charge in [0.25, 0.3) is 11.8 Å². The summed E-state index contributed by atoms with van der Waals surface area (Å²) in [7, 11) is -4.11. The number of alkyl halides is 2. The number of amides is 1. The van der Waals surface area contributed by atoms with Crippen LogP contribution in [-0.2, 0) is 26.0 Å². The van der Waals surface area contributed by atoms with E-state index in [-0.39, 0.29) is 23.3 Å². The van der Waals surface area contributed by atoms with E-state index in [0.717, 1.165) is 17.0 Å². The second-order valence-electron chi connectivity index (χ2n) is 8.58. The average Bonchev–Trinajstić information content (AvgIpc) is 2.97. The summed E-state index contributed by atoms with van der Waals surface area (Å²) in [6.45, 7) is 0.499. The van der Waals surface area contributed by atoms with Crippen LogP contribution in [0.2, 0.25) is 0 Å². The van der Waals surface area contributed by atoms with Gasteiger partial charge in [0.15, 0.2) is 0 Å². The van der Waals surface area contributed by atoms with Crippen molar-refractivity contribution in [2.45, 2.75) is 43.9 Å². The standard InChI is InChI=1S/C23H23F5N2O4S/c1-2-35(32,33)29-21-18(30(12-23(21,27)28)22(31)19-6-7-34-19)10-13-4-3-5-17(20(13)26)14-8-15(24)11-16(25)9-14/h3-5,8-9,11,18-19,21,29H,2,6-7,10,12H2,1H3/t18-,19?,21+/m0/s1. The molecule has 2 heterocycles. The molecule has 12 heteroatoms. The van der Waals surface area contributed by atoms with E-state index < -0.39 is 76.2 Å². The molecule has 2 fully saturated rings. The predicted octanol–water partition coefficient (Wildman–Crippen LogP) is 3.26. The number of halogens is 5. The molecule has 190 valence electrons. The summed E-state index contributed by atoms with van der Waals surface area (Å²) in [5.41, 5.74) is -0.392. The Morgan fingerprint density at radius 2 is 1.83 bits per heavy atom. The molecule has 1 N–H and O–H groups in total. The number of nitrogens with zero attached hydrogens (tertiary/aromatic N) is 1. The quantitative estimate of drug-likeness (QED) is 0.571. The SMILES string of the molecule is CCS(=O)(=O)N[C@@H]1[C@H](Cc2cccc(-c3cc(F)cc(F)c3)c2F)N(C(=O)C2CCO2)CC1(F)F. The molecule has 35 heavy (non-hydrogen) atoms. The second kappa shape index (κ2) is 9.47. The molecule has 0 saturated carbocycles. The fourth-order valence-electron chi connectivity index (χ4n) is 4.33. The fourth-order valence-corrected chi connectivity index (χ4v) is 5.21. The fraction of sp³-hybridized carbons (Fsp3) is 0.435. The predicted molar refractivity (Wildman–Crippen MR) is 117 cm³/mol. The van der Waals surface area contributed by atoms with Gasteiger partial charge >= 0.3 is 0 Å². The molecule has 4 rings (SSSR count). The van der Waals surface area contributed by atoms with Crippen molar-refractivity contribution in [2.75, 3.05) is 18.9 Å². The highest BCUT2D eigenvalue weighted by Gasteiger charge is 2.58. The molecule has 2 aliphatic heterocycles. The van der Waals surface area contributed by atoms with Crippen LogP contribution in [0.5, 0.6) is 0 Å². The topological polar surface area (TPSA) is 75.7 Å². The molecule has 2 aromatic carbocycles. The Hall–Kier alpha value is -2.57. The molecule has 2 saturated heterocycles. The maximum absolute atomic E-state index is 15.5. The van der Waals surface area contributed by atoms with Gasteiger partial charge in [-0.15, -0.1) is 0 Å². The van der Waals surface area contributed by atoms with Gasteiger partial charge in [0, 0.05) is 18.1 Å². The van der Waals surface area contributed by atoms with Crippen molar-refractivity contribution in [3.8, 4) is 11.1 Å². The first kappa shape index (κ1) is 25.5. The Labute approximate surface area is 199 Å². The van der Waals surface area contributed by atoms with Crippen LogP contribution in [0, 0.1) is 17.5 Å². The van der Waals surface area contributed by atoms with Crippen LogP contribution >= 0.6 is 0 Å². The largest absolute Gasteiger partial charge is 0.368 e. The van der Waals surface area contributed by atoms with Crippen LogP contribution in [0.15, 0.2) is 36.4 Å². The Bertz CT molecular complexity index is 1220. The normalized spacial score (nSPS) is 23.8. The van der Waals surface area contributed by atoms with Gasteiger partial charge in [0.1, 0.15) is 29.6 Å². The summed E-state index contributed by atoms with van der Waals surface area (Å²) >= 11 is 0. The first-order valence-electron chi connectivity index (χ1n) is 11.0. The average molecular weight is 519 g/mol. The van der Waals surface area contributed by atoms with E-state index in [2.05, 4.69) is 0 Å². The number of carbonyl (C=O) groups is 1. The number of carbonyl (C=O) groups excluding carboxylic acids is 1. The lowest BCUT2D eigenvalue weighted by atomic mass is 9.95. The van der Waals surface area contributed by atoms with E-state index in [0.29, 0.717) is 12.5 Å². The number of nitrogens with one attached hydrogen (secondary N) is 1. The minimum atomic E-state index is -4.11. The summed E-state index contributed by atoms with van der Waals surface area (Å²) < 4.78 is 104. The van der Waals surface area contributed by atoms with Crippen molar-refractivity contribution < 1.29 is 39.9 Å². The number of hydrogen-bond acceptors (Lipinski definition) is 4. The molecule has 6 nitrogen and oxygen atoms in total. The Morgan fingerprint density at radius 1 is 1.17 bits per heavy atom. The van der Waals surface area contributed by atoms with Crippen LogP contribution in [0.3, 0.4) is 0 Å². The lowest BCUT2D eigenvalue weighted by Crippen LogP contribution is -2.54. The van der Waals surface area contributed by atoms with Gasteiger partial charge in [-0.05, 0) is 36.6 Å². The number of hydrogen-bond donors (Lipinski definition) is 1. The highest BCUT2D eigenvalue weighted by molar-refractivity contribution is 7.89. The Balaban J connectivity index is 1.73. The third-order valence-corrected chi connectivity index (χ3v) is 7.62. The monoisotopic (exact) mass is 518 g/mol. The van der Waals surface area contributed by atoms with Gasteiger partial charge in [-0.2, -0.15) is 0 Å². The summed E-state index contributed by atoms with van der Waals surface area (Å²) in [5, 5.41) is 0. The first-order valence-corrected chi connectivity index (χ1v) is 12.6. The molecule has 3 atom stereocenters. The van der Waals surface area contributed by atoms with E-state index in [1.54, 1.807) is 0 Å². The Kier molecular flexibility index (Phi) is 6.91. The van der Waals surface area contributed by atoms with Crippen LogP contribution in [-0.4, -0.2) is 62.2 Å². The van der Waals surface area contributed by atoms with Gasteiger partial charge in [-0.25, -0.2) is 35.1 Å². The molecule has 0 aromatic heterocycles.